The Balaban J connectivity index is 4.47. The summed E-state index contributed by atoms with van der Waals surface area (Å²) in [4.78, 5) is 37.4. The number of ether oxygens (including phenoxy) is 2. The Kier molecular flexibility index (Phi) is 33.8. The van der Waals surface area contributed by atoms with Crippen LogP contribution in [0.15, 0.2) is 36.5 Å². The molecule has 304 valence electrons. The van der Waals surface area contributed by atoms with Gasteiger partial charge in [0.2, 0.25) is 0 Å². The molecule has 0 radical (unpaired) electrons. The smallest absolute Gasteiger partial charge is 0.306 e. The van der Waals surface area contributed by atoms with Crippen molar-refractivity contribution in [1.29, 1.82) is 0 Å². The topological polar surface area (TPSA) is 111 Å². The number of nitrogens with zero attached hydrogens (tertiary/aromatic N) is 1. The van der Waals surface area contributed by atoms with E-state index in [4.69, 9.17) is 18.5 Å². The second-order valence-electron chi connectivity index (χ2n) is 15.0. The molecule has 0 aromatic heterocycles. The van der Waals surface area contributed by atoms with Crippen molar-refractivity contribution in [3.63, 3.8) is 0 Å². The van der Waals surface area contributed by atoms with Crippen LogP contribution in [0.5, 0.6) is 0 Å². The highest BCUT2D eigenvalue weighted by molar-refractivity contribution is 7.45. The van der Waals surface area contributed by atoms with E-state index in [1.54, 1.807) is 0 Å². The van der Waals surface area contributed by atoms with Gasteiger partial charge in [0, 0.05) is 12.8 Å². The fraction of sp³-hybridized carbons (Fsp3) is 0.810. The summed E-state index contributed by atoms with van der Waals surface area (Å²) in [6.45, 7) is 4.14. The summed E-state index contributed by atoms with van der Waals surface area (Å²) in [5.41, 5.74) is 0. The summed E-state index contributed by atoms with van der Waals surface area (Å²) in [7, 11) is 1.14. The first kappa shape index (κ1) is 50.2. The lowest BCUT2D eigenvalue weighted by molar-refractivity contribution is -0.870. The molecule has 0 heterocycles. The average molecular weight is 756 g/mol. The largest absolute Gasteiger partial charge is 0.756 e. The summed E-state index contributed by atoms with van der Waals surface area (Å²) in [5.74, 6) is -0.884. The molecule has 0 aliphatic heterocycles. The fourth-order valence-electron chi connectivity index (χ4n) is 5.32. The van der Waals surface area contributed by atoms with Crippen LogP contribution in [-0.2, 0) is 32.7 Å². The predicted molar refractivity (Wildman–Crippen MR) is 213 cm³/mol. The van der Waals surface area contributed by atoms with Crippen molar-refractivity contribution in [3.05, 3.63) is 36.5 Å². The van der Waals surface area contributed by atoms with Gasteiger partial charge in [0.05, 0.1) is 27.7 Å². The van der Waals surface area contributed by atoms with Crippen molar-refractivity contribution in [1.82, 2.24) is 0 Å². The highest BCUT2D eigenvalue weighted by atomic mass is 31.2. The molecular weight excluding hydrogens is 677 g/mol. The van der Waals surface area contributed by atoms with Crippen LogP contribution in [0.4, 0.5) is 0 Å². The molecular formula is C42H78NO8P. The Morgan fingerprint density at radius 2 is 1.04 bits per heavy atom. The number of carbonyl (C=O) groups is 2. The van der Waals surface area contributed by atoms with Gasteiger partial charge in [-0.3, -0.25) is 14.2 Å². The Hall–Kier alpha value is -1.77. The molecule has 0 bridgehead atoms. The van der Waals surface area contributed by atoms with Crippen molar-refractivity contribution in [2.45, 2.75) is 174 Å². The zero-order valence-electron chi connectivity index (χ0n) is 34.0. The Bertz CT molecular complexity index is 991. The Labute approximate surface area is 319 Å². The molecule has 52 heavy (non-hydrogen) atoms. The number of carbonyl (C=O) groups excluding carboxylic acids is 2. The molecule has 0 amide bonds. The van der Waals surface area contributed by atoms with E-state index >= 15 is 0 Å². The van der Waals surface area contributed by atoms with Crippen molar-refractivity contribution in [3.8, 4) is 0 Å². The third kappa shape index (κ3) is 38.0. The van der Waals surface area contributed by atoms with E-state index < -0.39 is 32.5 Å². The molecule has 0 spiro atoms. The van der Waals surface area contributed by atoms with E-state index in [2.05, 4.69) is 50.3 Å². The van der Waals surface area contributed by atoms with Gasteiger partial charge in [0.25, 0.3) is 7.82 Å². The minimum atomic E-state index is -4.63. The first-order chi connectivity index (χ1) is 25.0. The molecule has 0 aliphatic carbocycles. The molecule has 1 unspecified atom stereocenters. The molecule has 9 nitrogen and oxygen atoms in total. The van der Waals surface area contributed by atoms with Gasteiger partial charge < -0.3 is 27.9 Å². The number of esters is 2. The van der Waals surface area contributed by atoms with Crippen LogP contribution in [0.1, 0.15) is 168 Å². The van der Waals surface area contributed by atoms with Crippen LogP contribution in [0.25, 0.3) is 0 Å². The van der Waals surface area contributed by atoms with E-state index in [-0.39, 0.29) is 26.1 Å². The second-order valence-corrected chi connectivity index (χ2v) is 16.4. The zero-order chi connectivity index (χ0) is 38.6. The molecule has 0 N–H and O–H groups in total. The quantitative estimate of drug-likeness (QED) is 0.0203. The van der Waals surface area contributed by atoms with Gasteiger partial charge in [-0.25, -0.2) is 0 Å². The standard InChI is InChI=1S/C42H78NO8P/c1-6-8-10-12-14-16-18-20-21-23-24-26-28-30-32-34-41(44)48-38-40(39-50-52(46,47)49-37-36-43(3,4)5)51-42(45)35-33-31-29-27-25-22-19-17-15-13-11-9-7-2/h17,19-21,24,26,40H,6-16,18,22-23,25,27-39H2,1-5H3/b19-17+,21-20+,26-24+/t40-/m1/s1. The molecule has 0 aromatic rings. The molecule has 0 aromatic carbocycles. The molecule has 10 heteroatoms. The van der Waals surface area contributed by atoms with Gasteiger partial charge in [-0.1, -0.05) is 121 Å². The zero-order valence-corrected chi connectivity index (χ0v) is 34.9. The molecule has 2 atom stereocenters. The Morgan fingerprint density at radius 3 is 1.60 bits per heavy atom. The van der Waals surface area contributed by atoms with Crippen LogP contribution in [0.2, 0.25) is 0 Å². The third-order valence-electron chi connectivity index (χ3n) is 8.63. The molecule has 0 saturated carbocycles. The van der Waals surface area contributed by atoms with Gasteiger partial charge in [-0.2, -0.15) is 0 Å². The predicted octanol–water partition coefficient (Wildman–Crippen LogP) is 10.7. The first-order valence-electron chi connectivity index (χ1n) is 20.7. The summed E-state index contributed by atoms with van der Waals surface area (Å²) in [6, 6.07) is 0. The SMILES string of the molecule is CCCCCC/C=C/CCCCCCCC(=O)O[C@H](COC(=O)CCCC/C=C/C/C=C/CCCCCCCC)COP(=O)([O-])OCC[N+](C)(C)C. The molecule has 0 saturated heterocycles. The minimum Gasteiger partial charge on any atom is -0.756 e. The van der Waals surface area contributed by atoms with Crippen molar-refractivity contribution in [2.75, 3.05) is 47.5 Å². The van der Waals surface area contributed by atoms with Crippen LogP contribution >= 0.6 is 7.82 Å². The van der Waals surface area contributed by atoms with Crippen molar-refractivity contribution < 1.29 is 42.1 Å². The summed E-state index contributed by atoms with van der Waals surface area (Å²) in [5, 5.41) is 0. The number of rotatable bonds is 37. The summed E-state index contributed by atoms with van der Waals surface area (Å²) >= 11 is 0. The van der Waals surface area contributed by atoms with Gasteiger partial charge in [-0.05, 0) is 70.6 Å². The summed E-state index contributed by atoms with van der Waals surface area (Å²) < 4.78 is 33.8. The lowest BCUT2D eigenvalue weighted by Gasteiger charge is -2.28. The number of allylic oxidation sites excluding steroid dienone is 6. The van der Waals surface area contributed by atoms with Crippen LogP contribution < -0.4 is 4.89 Å². The number of hydrogen-bond acceptors (Lipinski definition) is 8. The Morgan fingerprint density at radius 1 is 0.596 bits per heavy atom. The van der Waals surface area contributed by atoms with Crippen LogP contribution in [0.3, 0.4) is 0 Å². The molecule has 0 fully saturated rings. The van der Waals surface area contributed by atoms with Crippen molar-refractivity contribution in [2.24, 2.45) is 0 Å². The highest BCUT2D eigenvalue weighted by Crippen LogP contribution is 2.38. The molecule has 0 rings (SSSR count). The number of hydrogen-bond donors (Lipinski definition) is 0. The number of phosphoric ester groups is 1. The first-order valence-corrected chi connectivity index (χ1v) is 22.2. The maximum atomic E-state index is 12.6. The third-order valence-corrected chi connectivity index (χ3v) is 9.60. The number of likely N-dealkylation sites (N-methyl/N-ethyl adjacent to an activating group) is 1. The minimum absolute atomic E-state index is 0.0375. The second kappa shape index (κ2) is 35.0. The van der Waals surface area contributed by atoms with Crippen LogP contribution in [-0.4, -0.2) is 70.0 Å². The van der Waals surface area contributed by atoms with Crippen LogP contribution in [0, 0.1) is 0 Å². The number of unbranched alkanes of at least 4 members (excludes halogenated alkanes) is 17. The van der Waals surface area contributed by atoms with E-state index in [0.717, 1.165) is 57.8 Å². The van der Waals surface area contributed by atoms with Crippen molar-refractivity contribution >= 4 is 19.8 Å². The van der Waals surface area contributed by atoms with E-state index in [1.165, 1.54) is 70.6 Å². The number of phosphoric acid groups is 1. The fourth-order valence-corrected chi connectivity index (χ4v) is 6.05. The lowest BCUT2D eigenvalue weighted by Crippen LogP contribution is -2.37. The van der Waals surface area contributed by atoms with Gasteiger partial charge in [0.15, 0.2) is 6.10 Å². The van der Waals surface area contributed by atoms with E-state index in [1.807, 2.05) is 21.1 Å². The van der Waals surface area contributed by atoms with Gasteiger partial charge in [-0.15, -0.1) is 0 Å². The van der Waals surface area contributed by atoms with E-state index in [9.17, 15) is 19.0 Å². The lowest BCUT2D eigenvalue weighted by atomic mass is 10.1. The maximum Gasteiger partial charge on any atom is 0.306 e. The number of quaternary nitrogens is 1. The highest BCUT2D eigenvalue weighted by Gasteiger charge is 2.21. The van der Waals surface area contributed by atoms with Gasteiger partial charge in [0.1, 0.15) is 19.8 Å². The normalized spacial score (nSPS) is 14.0. The van der Waals surface area contributed by atoms with Gasteiger partial charge >= 0.3 is 11.9 Å². The van der Waals surface area contributed by atoms with E-state index in [0.29, 0.717) is 23.9 Å². The maximum absolute atomic E-state index is 12.6. The summed E-state index contributed by atoms with van der Waals surface area (Å²) in [6.07, 6.45) is 37.4. The monoisotopic (exact) mass is 756 g/mol. The molecule has 0 aliphatic rings. The average Bonchev–Trinajstić information content (AvgIpc) is 3.09.